The second kappa shape index (κ2) is 3.81. The van der Waals surface area contributed by atoms with Crippen LogP contribution in [0.2, 0.25) is 0 Å². The standard InChI is InChI=1S/C11H17N3O2/c1-11(2,3)16-10(15)13-8-4-5-14-7-12-6-9(8)14/h6-8H,4-5H2,1-3H3,(H,13,15). The molecule has 0 fully saturated rings. The third kappa shape index (κ3) is 2.35. The van der Waals surface area contributed by atoms with E-state index in [4.69, 9.17) is 4.74 Å². The molecule has 5 nitrogen and oxygen atoms in total. The lowest BCUT2D eigenvalue weighted by atomic mass is 10.2. The third-order valence-corrected chi connectivity index (χ3v) is 2.45. The maximum absolute atomic E-state index is 11.6. The maximum Gasteiger partial charge on any atom is 0.408 e. The molecule has 0 aromatic carbocycles. The molecule has 1 aliphatic rings. The molecule has 1 unspecified atom stereocenters. The monoisotopic (exact) mass is 223 g/mol. The van der Waals surface area contributed by atoms with Gasteiger partial charge in [-0.25, -0.2) is 9.78 Å². The number of rotatable bonds is 1. The normalized spacial score (nSPS) is 19.3. The highest BCUT2D eigenvalue weighted by Gasteiger charge is 2.26. The zero-order valence-electron chi connectivity index (χ0n) is 9.86. The molecule has 1 aliphatic heterocycles. The van der Waals surface area contributed by atoms with Crippen molar-refractivity contribution in [2.24, 2.45) is 0 Å². The van der Waals surface area contributed by atoms with E-state index in [-0.39, 0.29) is 12.1 Å². The van der Waals surface area contributed by atoms with Crippen molar-refractivity contribution in [2.45, 2.75) is 45.4 Å². The summed E-state index contributed by atoms with van der Waals surface area (Å²) in [6.45, 7) is 6.46. The number of ether oxygens (including phenoxy) is 1. The van der Waals surface area contributed by atoms with Crippen LogP contribution >= 0.6 is 0 Å². The average molecular weight is 223 g/mol. The number of alkyl carbamates (subject to hydrolysis) is 1. The van der Waals surface area contributed by atoms with Gasteiger partial charge in [0.25, 0.3) is 0 Å². The number of amides is 1. The summed E-state index contributed by atoms with van der Waals surface area (Å²) >= 11 is 0. The maximum atomic E-state index is 11.6. The molecule has 0 radical (unpaired) electrons. The van der Waals surface area contributed by atoms with Gasteiger partial charge in [0.1, 0.15) is 5.60 Å². The number of hydrogen-bond acceptors (Lipinski definition) is 3. The summed E-state index contributed by atoms with van der Waals surface area (Å²) in [5.41, 5.74) is 0.592. The lowest BCUT2D eigenvalue weighted by Crippen LogP contribution is -2.34. The van der Waals surface area contributed by atoms with E-state index in [1.165, 1.54) is 0 Å². The number of aryl methyl sites for hydroxylation is 1. The summed E-state index contributed by atoms with van der Waals surface area (Å²) in [4.78, 5) is 15.6. The molecular formula is C11H17N3O2. The van der Waals surface area contributed by atoms with Crippen LogP contribution in [0.3, 0.4) is 0 Å². The van der Waals surface area contributed by atoms with Gasteiger partial charge in [-0.3, -0.25) is 0 Å². The first kappa shape index (κ1) is 11.0. The van der Waals surface area contributed by atoms with Crippen molar-refractivity contribution in [3.05, 3.63) is 18.2 Å². The third-order valence-electron chi connectivity index (χ3n) is 2.45. The second-order valence-electron chi connectivity index (χ2n) is 5.00. The summed E-state index contributed by atoms with van der Waals surface area (Å²) in [5, 5.41) is 2.86. The number of imidazole rings is 1. The highest BCUT2D eigenvalue weighted by Crippen LogP contribution is 2.24. The van der Waals surface area contributed by atoms with Crippen LogP contribution in [0, 0.1) is 0 Å². The Balaban J connectivity index is 1.95. The van der Waals surface area contributed by atoms with Gasteiger partial charge in [-0.15, -0.1) is 0 Å². The van der Waals surface area contributed by atoms with Gasteiger partial charge >= 0.3 is 6.09 Å². The predicted octanol–water partition coefficient (Wildman–Crippen LogP) is 1.85. The van der Waals surface area contributed by atoms with Gasteiger partial charge in [0.15, 0.2) is 0 Å². The van der Waals surface area contributed by atoms with Crippen LogP contribution in [-0.2, 0) is 11.3 Å². The van der Waals surface area contributed by atoms with E-state index in [2.05, 4.69) is 10.3 Å². The van der Waals surface area contributed by atoms with Gasteiger partial charge in [-0.05, 0) is 27.2 Å². The van der Waals surface area contributed by atoms with Gasteiger partial charge in [-0.2, -0.15) is 0 Å². The quantitative estimate of drug-likeness (QED) is 0.790. The van der Waals surface area contributed by atoms with E-state index >= 15 is 0 Å². The molecule has 0 aliphatic carbocycles. The minimum atomic E-state index is -0.455. The van der Waals surface area contributed by atoms with Gasteiger partial charge in [0.05, 0.1) is 24.3 Å². The number of aromatic nitrogens is 2. The molecule has 0 bridgehead atoms. The van der Waals surface area contributed by atoms with Crippen LogP contribution < -0.4 is 5.32 Å². The molecule has 16 heavy (non-hydrogen) atoms. The predicted molar refractivity (Wildman–Crippen MR) is 59.0 cm³/mol. The number of nitrogens with zero attached hydrogens (tertiary/aromatic N) is 2. The second-order valence-corrected chi connectivity index (χ2v) is 5.00. The fraction of sp³-hybridized carbons (Fsp3) is 0.636. The van der Waals surface area contributed by atoms with Crippen molar-refractivity contribution in [2.75, 3.05) is 0 Å². The lowest BCUT2D eigenvalue weighted by Gasteiger charge is -2.21. The highest BCUT2D eigenvalue weighted by molar-refractivity contribution is 5.68. The molecule has 88 valence electrons. The van der Waals surface area contributed by atoms with Gasteiger partial charge in [-0.1, -0.05) is 0 Å². The zero-order valence-corrected chi connectivity index (χ0v) is 9.86. The number of carbonyl (C=O) groups is 1. The number of hydrogen-bond donors (Lipinski definition) is 1. The Labute approximate surface area is 94.8 Å². The number of fused-ring (bicyclic) bond motifs is 1. The summed E-state index contributed by atoms with van der Waals surface area (Å²) in [6.07, 6.45) is 4.10. The molecule has 1 aromatic heterocycles. The van der Waals surface area contributed by atoms with Gasteiger partial charge in [0, 0.05) is 6.54 Å². The summed E-state index contributed by atoms with van der Waals surface area (Å²) in [5.74, 6) is 0. The Kier molecular flexibility index (Phi) is 2.61. The molecule has 1 atom stereocenters. The Morgan fingerprint density at radius 3 is 3.06 bits per heavy atom. The SMILES string of the molecule is CC(C)(C)OC(=O)NC1CCn2cncc21. The summed E-state index contributed by atoms with van der Waals surface area (Å²) < 4.78 is 7.26. The number of carbonyl (C=O) groups excluding carboxylic acids is 1. The van der Waals surface area contributed by atoms with Crippen LogP contribution in [0.5, 0.6) is 0 Å². The van der Waals surface area contributed by atoms with E-state index in [0.29, 0.717) is 0 Å². The Bertz CT molecular complexity index is 392. The molecular weight excluding hydrogens is 206 g/mol. The first-order chi connectivity index (χ1) is 7.46. The number of nitrogens with one attached hydrogen (secondary N) is 1. The van der Waals surface area contributed by atoms with Crippen molar-refractivity contribution < 1.29 is 9.53 Å². The van der Waals surface area contributed by atoms with E-state index in [1.54, 1.807) is 12.5 Å². The van der Waals surface area contributed by atoms with E-state index in [9.17, 15) is 4.79 Å². The van der Waals surface area contributed by atoms with E-state index in [1.807, 2.05) is 25.3 Å². The average Bonchev–Trinajstić information content (AvgIpc) is 2.66. The van der Waals surface area contributed by atoms with Crippen molar-refractivity contribution in [1.29, 1.82) is 0 Å². The Morgan fingerprint density at radius 1 is 1.62 bits per heavy atom. The molecule has 2 heterocycles. The Hall–Kier alpha value is -1.52. The fourth-order valence-electron chi connectivity index (χ4n) is 1.82. The first-order valence-corrected chi connectivity index (χ1v) is 5.45. The molecule has 5 heteroatoms. The van der Waals surface area contributed by atoms with Crippen LogP contribution in [0.15, 0.2) is 12.5 Å². The molecule has 2 rings (SSSR count). The molecule has 0 saturated carbocycles. The summed E-state index contributed by atoms with van der Waals surface area (Å²) in [7, 11) is 0. The minimum Gasteiger partial charge on any atom is -0.444 e. The van der Waals surface area contributed by atoms with Crippen molar-refractivity contribution >= 4 is 6.09 Å². The minimum absolute atomic E-state index is 0.0253. The van der Waals surface area contributed by atoms with E-state index in [0.717, 1.165) is 18.7 Å². The van der Waals surface area contributed by atoms with Crippen LogP contribution in [0.4, 0.5) is 4.79 Å². The van der Waals surface area contributed by atoms with Crippen molar-refractivity contribution in [3.8, 4) is 0 Å². The summed E-state index contributed by atoms with van der Waals surface area (Å²) in [6, 6.07) is 0.0253. The van der Waals surface area contributed by atoms with Crippen LogP contribution in [-0.4, -0.2) is 21.2 Å². The Morgan fingerprint density at radius 2 is 2.38 bits per heavy atom. The molecule has 1 amide bonds. The van der Waals surface area contributed by atoms with E-state index < -0.39 is 5.60 Å². The van der Waals surface area contributed by atoms with Crippen molar-refractivity contribution in [3.63, 3.8) is 0 Å². The largest absolute Gasteiger partial charge is 0.444 e. The fourth-order valence-corrected chi connectivity index (χ4v) is 1.82. The first-order valence-electron chi connectivity index (χ1n) is 5.45. The molecule has 0 saturated heterocycles. The van der Waals surface area contributed by atoms with Gasteiger partial charge < -0.3 is 14.6 Å². The lowest BCUT2D eigenvalue weighted by molar-refractivity contribution is 0.0503. The topological polar surface area (TPSA) is 56.1 Å². The zero-order chi connectivity index (χ0) is 11.8. The molecule has 1 aromatic rings. The highest BCUT2D eigenvalue weighted by atomic mass is 16.6. The van der Waals surface area contributed by atoms with Gasteiger partial charge in [0.2, 0.25) is 0 Å². The van der Waals surface area contributed by atoms with Crippen LogP contribution in [0.1, 0.15) is 38.9 Å². The molecule has 0 spiro atoms. The molecule has 1 N–H and O–H groups in total. The van der Waals surface area contributed by atoms with Crippen molar-refractivity contribution in [1.82, 2.24) is 14.9 Å². The van der Waals surface area contributed by atoms with Crippen LogP contribution in [0.25, 0.3) is 0 Å². The smallest absolute Gasteiger partial charge is 0.408 e.